The highest BCUT2D eigenvalue weighted by molar-refractivity contribution is 7.12. The van der Waals surface area contributed by atoms with E-state index in [4.69, 9.17) is 5.26 Å². The van der Waals surface area contributed by atoms with E-state index in [-0.39, 0.29) is 0 Å². The molecule has 54 valence electrons. The van der Waals surface area contributed by atoms with E-state index in [9.17, 15) is 0 Å². The monoisotopic (exact) mass is 161 g/mol. The number of hydrogen-bond donors (Lipinski definition) is 0. The van der Waals surface area contributed by atoms with Crippen LogP contribution in [0.5, 0.6) is 0 Å². The van der Waals surface area contributed by atoms with Crippen molar-refractivity contribution in [3.63, 3.8) is 0 Å². The van der Waals surface area contributed by atoms with Crippen LogP contribution in [0.2, 0.25) is 0 Å². The smallest absolute Gasteiger partial charge is 0.152 e. The predicted molar refractivity (Wildman–Crippen MR) is 46.3 cm³/mol. The Labute approximate surface area is 70.3 Å². The zero-order valence-corrected chi connectivity index (χ0v) is 7.25. The molecule has 0 fully saturated rings. The summed E-state index contributed by atoms with van der Waals surface area (Å²) < 4.78 is 0. The van der Waals surface area contributed by atoms with Gasteiger partial charge in [0, 0.05) is 10.8 Å². The summed E-state index contributed by atoms with van der Waals surface area (Å²) in [6.45, 7) is 4.10. The van der Waals surface area contributed by atoms with Crippen molar-refractivity contribution < 1.29 is 0 Å². The molecule has 1 aromatic rings. The summed E-state index contributed by atoms with van der Waals surface area (Å²) in [7, 11) is 0. The largest absolute Gasteiger partial charge is 0.183 e. The van der Waals surface area contributed by atoms with E-state index in [2.05, 4.69) is 18.8 Å². The van der Waals surface area contributed by atoms with Gasteiger partial charge in [0.05, 0.1) is 4.88 Å². The van der Waals surface area contributed by atoms with E-state index < -0.39 is 0 Å². The quantitative estimate of drug-likeness (QED) is 0.535. The van der Waals surface area contributed by atoms with Crippen LogP contribution in [0.25, 0.3) is 0 Å². The predicted octanol–water partition coefficient (Wildman–Crippen LogP) is 2.24. The molecule has 0 atom stereocenters. The van der Waals surface area contributed by atoms with Gasteiger partial charge < -0.3 is 0 Å². The van der Waals surface area contributed by atoms with Crippen molar-refractivity contribution in [3.8, 4) is 17.9 Å². The molecule has 0 aliphatic rings. The van der Waals surface area contributed by atoms with Gasteiger partial charge in [-0.05, 0) is 31.4 Å². The third kappa shape index (κ3) is 1.83. The molecule has 0 amide bonds. The van der Waals surface area contributed by atoms with Crippen LogP contribution in [-0.4, -0.2) is 0 Å². The molecule has 0 saturated heterocycles. The van der Waals surface area contributed by atoms with Crippen LogP contribution in [0.3, 0.4) is 0 Å². The van der Waals surface area contributed by atoms with Gasteiger partial charge in [-0.3, -0.25) is 0 Å². The van der Waals surface area contributed by atoms with Crippen LogP contribution < -0.4 is 0 Å². The Morgan fingerprint density at radius 1 is 1.45 bits per heavy atom. The molecule has 0 radical (unpaired) electrons. The Hall–Kier alpha value is -1.25. The molecule has 0 unspecified atom stereocenters. The molecule has 1 aromatic heterocycles. The maximum Gasteiger partial charge on any atom is 0.152 e. The van der Waals surface area contributed by atoms with E-state index in [0.29, 0.717) is 0 Å². The van der Waals surface area contributed by atoms with Crippen LogP contribution in [0.15, 0.2) is 6.07 Å². The highest BCUT2D eigenvalue weighted by atomic mass is 32.1. The first-order valence-corrected chi connectivity index (χ1v) is 4.03. The number of hydrogen-bond acceptors (Lipinski definition) is 2. The summed E-state index contributed by atoms with van der Waals surface area (Å²) in [5.74, 6) is 5.13. The first kappa shape index (κ1) is 7.85. The molecule has 0 N–H and O–H groups in total. The Balaban J connectivity index is 3.00. The lowest BCUT2D eigenvalue weighted by atomic mass is 10.3. The van der Waals surface area contributed by atoms with Gasteiger partial charge >= 0.3 is 0 Å². The fraction of sp³-hybridized carbons (Fsp3) is 0.222. The summed E-state index contributed by atoms with van der Waals surface area (Å²) in [4.78, 5) is 2.24. The lowest BCUT2D eigenvalue weighted by Gasteiger charge is -1.79. The van der Waals surface area contributed by atoms with Gasteiger partial charge in [0.25, 0.3) is 0 Å². The Morgan fingerprint density at radius 2 is 2.18 bits per heavy atom. The summed E-state index contributed by atoms with van der Waals surface area (Å²) >= 11 is 1.63. The molecule has 0 bridgehead atoms. The topological polar surface area (TPSA) is 23.8 Å². The van der Waals surface area contributed by atoms with Gasteiger partial charge in [-0.1, -0.05) is 0 Å². The Kier molecular flexibility index (Phi) is 2.31. The standard InChI is InChI=1S/C9H7NS/c1-7-6-9(4-3-5-10)11-8(7)2/h6H,1-2H3. The van der Waals surface area contributed by atoms with Gasteiger partial charge in [0.1, 0.15) is 0 Å². The molecule has 11 heavy (non-hydrogen) atoms. The number of rotatable bonds is 0. The van der Waals surface area contributed by atoms with Crippen molar-refractivity contribution >= 4 is 11.3 Å². The molecule has 0 saturated carbocycles. The molecule has 0 aromatic carbocycles. The Morgan fingerprint density at radius 3 is 2.64 bits per heavy atom. The van der Waals surface area contributed by atoms with Crippen molar-refractivity contribution in [1.29, 1.82) is 5.26 Å². The molecule has 0 aliphatic carbocycles. The second-order valence-corrected chi connectivity index (χ2v) is 3.47. The first-order valence-electron chi connectivity index (χ1n) is 3.21. The van der Waals surface area contributed by atoms with Crippen LogP contribution in [0.4, 0.5) is 0 Å². The minimum Gasteiger partial charge on any atom is -0.183 e. The maximum atomic E-state index is 8.18. The van der Waals surface area contributed by atoms with E-state index in [1.807, 2.05) is 13.0 Å². The SMILES string of the molecule is Cc1cc(C#CC#N)sc1C. The molecular weight excluding hydrogens is 154 g/mol. The van der Waals surface area contributed by atoms with Gasteiger partial charge in [-0.15, -0.1) is 11.3 Å². The van der Waals surface area contributed by atoms with E-state index in [0.717, 1.165) is 4.88 Å². The number of aryl methyl sites for hydroxylation is 2. The second-order valence-electron chi connectivity index (χ2n) is 2.21. The highest BCUT2D eigenvalue weighted by Crippen LogP contribution is 2.19. The molecule has 2 heteroatoms. The van der Waals surface area contributed by atoms with Crippen molar-refractivity contribution in [2.75, 3.05) is 0 Å². The minimum absolute atomic E-state index is 0.974. The zero-order valence-electron chi connectivity index (χ0n) is 6.43. The number of nitrogens with zero attached hydrogens (tertiary/aromatic N) is 1. The molecular formula is C9H7NS. The van der Waals surface area contributed by atoms with Crippen molar-refractivity contribution in [1.82, 2.24) is 0 Å². The van der Waals surface area contributed by atoms with Crippen molar-refractivity contribution in [2.24, 2.45) is 0 Å². The second kappa shape index (κ2) is 3.23. The summed E-state index contributed by atoms with van der Waals surface area (Å²) in [5, 5.41) is 8.18. The van der Waals surface area contributed by atoms with Crippen LogP contribution >= 0.6 is 11.3 Å². The average molecular weight is 161 g/mol. The van der Waals surface area contributed by atoms with Gasteiger partial charge in [0.15, 0.2) is 6.07 Å². The normalized spacial score (nSPS) is 8.09. The van der Waals surface area contributed by atoms with Crippen LogP contribution in [0.1, 0.15) is 15.3 Å². The third-order valence-electron chi connectivity index (χ3n) is 1.41. The number of nitriles is 1. The minimum atomic E-state index is 0.974. The van der Waals surface area contributed by atoms with Crippen molar-refractivity contribution in [2.45, 2.75) is 13.8 Å². The zero-order chi connectivity index (χ0) is 8.27. The summed E-state index contributed by atoms with van der Waals surface area (Å²) in [6, 6.07) is 3.79. The summed E-state index contributed by atoms with van der Waals surface area (Å²) in [6.07, 6.45) is 0. The lowest BCUT2D eigenvalue weighted by Crippen LogP contribution is -1.63. The van der Waals surface area contributed by atoms with Gasteiger partial charge in [-0.25, -0.2) is 0 Å². The van der Waals surface area contributed by atoms with E-state index in [1.54, 1.807) is 17.4 Å². The Bertz CT molecular complexity index is 338. The van der Waals surface area contributed by atoms with Gasteiger partial charge in [0.2, 0.25) is 0 Å². The van der Waals surface area contributed by atoms with Crippen molar-refractivity contribution in [3.05, 3.63) is 21.4 Å². The average Bonchev–Trinajstić information content (AvgIpc) is 2.28. The maximum absolute atomic E-state index is 8.18. The summed E-state index contributed by atoms with van der Waals surface area (Å²) in [5.41, 5.74) is 1.25. The fourth-order valence-electron chi connectivity index (χ4n) is 0.724. The van der Waals surface area contributed by atoms with Crippen LogP contribution in [-0.2, 0) is 0 Å². The first-order chi connectivity index (χ1) is 5.24. The highest BCUT2D eigenvalue weighted by Gasteiger charge is 1.96. The van der Waals surface area contributed by atoms with Gasteiger partial charge in [-0.2, -0.15) is 5.26 Å². The third-order valence-corrected chi connectivity index (χ3v) is 2.48. The molecule has 1 nitrogen and oxygen atoms in total. The van der Waals surface area contributed by atoms with E-state index in [1.165, 1.54) is 10.4 Å². The molecule has 0 spiro atoms. The molecule has 1 heterocycles. The molecule has 1 rings (SSSR count). The van der Waals surface area contributed by atoms with Crippen LogP contribution in [0, 0.1) is 37.0 Å². The lowest BCUT2D eigenvalue weighted by molar-refractivity contribution is 1.44. The fourth-order valence-corrected chi connectivity index (χ4v) is 1.61. The number of thiophene rings is 1. The molecule has 0 aliphatic heterocycles. The van der Waals surface area contributed by atoms with E-state index >= 15 is 0 Å².